The van der Waals surface area contributed by atoms with Crippen molar-refractivity contribution in [1.82, 2.24) is 9.55 Å². The van der Waals surface area contributed by atoms with Crippen LogP contribution in [0.1, 0.15) is 18.2 Å². The number of amides is 2. The molecule has 4 aromatic rings. The van der Waals surface area contributed by atoms with Crippen molar-refractivity contribution in [1.29, 1.82) is 0 Å². The molecule has 0 unspecified atom stereocenters. The lowest BCUT2D eigenvalue weighted by atomic mass is 10.1. The van der Waals surface area contributed by atoms with Crippen LogP contribution in [0.3, 0.4) is 0 Å². The van der Waals surface area contributed by atoms with Crippen LogP contribution in [0.25, 0.3) is 21.8 Å². The van der Waals surface area contributed by atoms with Gasteiger partial charge in [-0.2, -0.15) is 13.2 Å². The molecule has 2 N–H and O–H groups in total. The number of carbonyl (C=O) groups excluding carboxylic acids is 1. The van der Waals surface area contributed by atoms with Crippen molar-refractivity contribution in [3.63, 3.8) is 0 Å². The molecule has 0 radical (unpaired) electrons. The highest BCUT2D eigenvalue weighted by atomic mass is 19.4. The quantitative estimate of drug-likeness (QED) is 0.422. The molecule has 2 heterocycles. The number of urea groups is 1. The zero-order valence-electron chi connectivity index (χ0n) is 16.3. The number of hydrogen-bond acceptors (Lipinski definition) is 2. The SMILES string of the molecule is CCn1c2ccc(NC(=O)Nc3ccc(C(F)(F)F)cc3)cc2c2ccnc(C)c21. The van der Waals surface area contributed by atoms with Crippen molar-refractivity contribution >= 4 is 39.2 Å². The van der Waals surface area contributed by atoms with Crippen LogP contribution in [0.4, 0.5) is 29.3 Å². The van der Waals surface area contributed by atoms with Crippen LogP contribution in [-0.4, -0.2) is 15.6 Å². The van der Waals surface area contributed by atoms with E-state index in [0.717, 1.165) is 46.2 Å². The van der Waals surface area contributed by atoms with Crippen LogP contribution in [0.5, 0.6) is 0 Å². The lowest BCUT2D eigenvalue weighted by molar-refractivity contribution is -0.137. The molecule has 8 heteroatoms. The van der Waals surface area contributed by atoms with Gasteiger partial charge in [0.15, 0.2) is 0 Å². The minimum absolute atomic E-state index is 0.269. The number of carbonyl (C=O) groups is 1. The van der Waals surface area contributed by atoms with E-state index in [1.807, 2.05) is 25.1 Å². The van der Waals surface area contributed by atoms with E-state index in [4.69, 9.17) is 0 Å². The number of fused-ring (bicyclic) bond motifs is 3. The van der Waals surface area contributed by atoms with Crippen LogP contribution >= 0.6 is 0 Å². The third kappa shape index (κ3) is 3.56. The standard InChI is InChI=1S/C22H19F3N4O/c1-3-29-19-9-8-16(12-18(19)17-10-11-26-13(2)20(17)29)28-21(30)27-15-6-4-14(5-7-15)22(23,24)25/h4-12H,3H2,1-2H3,(H2,27,28,30). The van der Waals surface area contributed by atoms with Crippen LogP contribution in [0.2, 0.25) is 0 Å². The monoisotopic (exact) mass is 412 g/mol. The van der Waals surface area contributed by atoms with Gasteiger partial charge in [-0.1, -0.05) is 0 Å². The molecule has 0 bridgehead atoms. The van der Waals surface area contributed by atoms with Crippen molar-refractivity contribution in [2.45, 2.75) is 26.6 Å². The lowest BCUT2D eigenvalue weighted by Crippen LogP contribution is -2.19. The first-order valence-electron chi connectivity index (χ1n) is 9.40. The number of aryl methyl sites for hydroxylation is 2. The Kier molecular flexibility index (Phi) is 4.85. The molecule has 0 saturated heterocycles. The summed E-state index contributed by atoms with van der Waals surface area (Å²) in [5.74, 6) is 0. The highest BCUT2D eigenvalue weighted by molar-refractivity contribution is 6.10. The summed E-state index contributed by atoms with van der Waals surface area (Å²) in [7, 11) is 0. The fourth-order valence-electron chi connectivity index (χ4n) is 3.67. The smallest absolute Gasteiger partial charge is 0.339 e. The van der Waals surface area contributed by atoms with E-state index in [-0.39, 0.29) is 5.69 Å². The van der Waals surface area contributed by atoms with E-state index in [1.165, 1.54) is 12.1 Å². The first-order chi connectivity index (χ1) is 14.3. The van der Waals surface area contributed by atoms with E-state index in [9.17, 15) is 18.0 Å². The summed E-state index contributed by atoms with van der Waals surface area (Å²) in [6.45, 7) is 4.81. The molecule has 0 aliphatic rings. The molecular formula is C22H19F3N4O. The Labute approximate surface area is 170 Å². The highest BCUT2D eigenvalue weighted by Gasteiger charge is 2.30. The molecule has 0 spiro atoms. The molecule has 154 valence electrons. The van der Waals surface area contributed by atoms with E-state index in [1.54, 1.807) is 12.3 Å². The number of pyridine rings is 1. The summed E-state index contributed by atoms with van der Waals surface area (Å²) in [4.78, 5) is 16.7. The van der Waals surface area contributed by atoms with Gasteiger partial charge < -0.3 is 15.2 Å². The number of nitrogens with one attached hydrogen (secondary N) is 2. The van der Waals surface area contributed by atoms with Crippen LogP contribution in [0.15, 0.2) is 54.7 Å². The van der Waals surface area contributed by atoms with E-state index in [0.29, 0.717) is 5.69 Å². The fourth-order valence-corrected chi connectivity index (χ4v) is 3.67. The molecule has 30 heavy (non-hydrogen) atoms. The maximum atomic E-state index is 12.7. The van der Waals surface area contributed by atoms with Crippen LogP contribution in [0, 0.1) is 6.92 Å². The zero-order valence-corrected chi connectivity index (χ0v) is 16.3. The van der Waals surface area contributed by atoms with Gasteiger partial charge in [0.1, 0.15) is 0 Å². The predicted octanol–water partition coefficient (Wildman–Crippen LogP) is 6.18. The predicted molar refractivity (Wildman–Crippen MR) is 112 cm³/mol. The Balaban J connectivity index is 1.59. The highest BCUT2D eigenvalue weighted by Crippen LogP contribution is 2.32. The Hall–Kier alpha value is -3.55. The molecule has 2 aromatic carbocycles. The van der Waals surface area contributed by atoms with Crippen molar-refractivity contribution in [2.24, 2.45) is 0 Å². The first kappa shape index (κ1) is 19.8. The maximum Gasteiger partial charge on any atom is 0.416 e. The topological polar surface area (TPSA) is 59.0 Å². The maximum absolute atomic E-state index is 12.7. The normalized spacial score (nSPS) is 11.8. The van der Waals surface area contributed by atoms with Crippen molar-refractivity contribution < 1.29 is 18.0 Å². The fraction of sp³-hybridized carbons (Fsp3) is 0.182. The van der Waals surface area contributed by atoms with Crippen LogP contribution in [-0.2, 0) is 12.7 Å². The Morgan fingerprint density at radius 3 is 2.33 bits per heavy atom. The first-order valence-corrected chi connectivity index (χ1v) is 9.40. The molecule has 5 nitrogen and oxygen atoms in total. The van der Waals surface area contributed by atoms with E-state index in [2.05, 4.69) is 27.1 Å². The van der Waals surface area contributed by atoms with Gasteiger partial charge in [0.2, 0.25) is 0 Å². The number of hydrogen-bond donors (Lipinski definition) is 2. The zero-order chi connectivity index (χ0) is 21.5. The lowest BCUT2D eigenvalue weighted by Gasteiger charge is -2.10. The Morgan fingerprint density at radius 1 is 1.00 bits per heavy atom. The summed E-state index contributed by atoms with van der Waals surface area (Å²) >= 11 is 0. The summed E-state index contributed by atoms with van der Waals surface area (Å²) in [6, 6.07) is 11.3. The molecule has 0 fully saturated rings. The van der Waals surface area contributed by atoms with Crippen molar-refractivity contribution in [3.05, 3.63) is 66.0 Å². The Morgan fingerprint density at radius 2 is 1.67 bits per heavy atom. The summed E-state index contributed by atoms with van der Waals surface area (Å²) in [5.41, 5.74) is 3.11. The third-order valence-corrected chi connectivity index (χ3v) is 5.00. The van der Waals surface area contributed by atoms with Crippen molar-refractivity contribution in [3.8, 4) is 0 Å². The number of halogens is 3. The van der Waals surface area contributed by atoms with Gasteiger partial charge in [-0.3, -0.25) is 4.98 Å². The third-order valence-electron chi connectivity index (χ3n) is 5.00. The summed E-state index contributed by atoms with van der Waals surface area (Å²) in [5, 5.41) is 7.32. The summed E-state index contributed by atoms with van der Waals surface area (Å²) in [6.07, 6.45) is -2.66. The molecule has 4 rings (SSSR count). The summed E-state index contributed by atoms with van der Waals surface area (Å²) < 4.78 is 40.1. The minimum Gasteiger partial charge on any atom is -0.339 e. The largest absolute Gasteiger partial charge is 0.416 e. The van der Waals surface area contributed by atoms with Gasteiger partial charge in [0.25, 0.3) is 0 Å². The number of rotatable bonds is 3. The molecule has 0 saturated carbocycles. The average molecular weight is 412 g/mol. The molecule has 2 amide bonds. The Bertz CT molecular complexity index is 1240. The number of benzene rings is 2. The molecule has 2 aromatic heterocycles. The van der Waals surface area contributed by atoms with E-state index >= 15 is 0 Å². The van der Waals surface area contributed by atoms with Gasteiger partial charge in [-0.15, -0.1) is 0 Å². The minimum atomic E-state index is -4.41. The molecule has 0 aliphatic heterocycles. The van der Waals surface area contributed by atoms with Gasteiger partial charge in [-0.05, 0) is 62.4 Å². The van der Waals surface area contributed by atoms with Crippen LogP contribution < -0.4 is 10.6 Å². The average Bonchev–Trinajstić information content (AvgIpc) is 3.02. The number of aromatic nitrogens is 2. The second-order valence-electron chi connectivity index (χ2n) is 6.92. The van der Waals surface area contributed by atoms with Gasteiger partial charge in [-0.25, -0.2) is 4.79 Å². The van der Waals surface area contributed by atoms with Gasteiger partial charge in [0, 0.05) is 40.4 Å². The molecule has 0 aliphatic carbocycles. The second-order valence-corrected chi connectivity index (χ2v) is 6.92. The molecule has 0 atom stereocenters. The number of nitrogens with zero attached hydrogens (tertiary/aromatic N) is 2. The van der Waals surface area contributed by atoms with Crippen molar-refractivity contribution in [2.75, 3.05) is 10.6 Å². The molecular weight excluding hydrogens is 393 g/mol. The van der Waals surface area contributed by atoms with E-state index < -0.39 is 17.8 Å². The number of alkyl halides is 3. The number of anilines is 2. The second kappa shape index (κ2) is 7.37. The van der Waals surface area contributed by atoms with Gasteiger partial charge >= 0.3 is 12.2 Å². The van der Waals surface area contributed by atoms with Gasteiger partial charge in [0.05, 0.1) is 16.8 Å².